The summed E-state index contributed by atoms with van der Waals surface area (Å²) in [6, 6.07) is -1.43. The van der Waals surface area contributed by atoms with Crippen LogP contribution in [0.25, 0.3) is 0 Å². The number of amides is 4. The van der Waals surface area contributed by atoms with Crippen LogP contribution in [0, 0.1) is 0 Å². The van der Waals surface area contributed by atoms with E-state index in [1.807, 2.05) is 0 Å². The second kappa shape index (κ2) is 9.55. The summed E-state index contributed by atoms with van der Waals surface area (Å²) < 4.78 is 9.73. The average Bonchev–Trinajstić information content (AvgIpc) is 2.86. The van der Waals surface area contributed by atoms with Crippen molar-refractivity contribution >= 4 is 30.0 Å². The molecule has 0 saturated carbocycles. The number of hydrogen-bond donors (Lipinski definition) is 2. The number of alkyl carbamates (subject to hydrolysis) is 2. The monoisotopic (exact) mass is 385 g/mol. The number of hydroxylamine groups is 2. The van der Waals surface area contributed by atoms with Gasteiger partial charge in [0.1, 0.15) is 18.2 Å². The largest absolute Gasteiger partial charge is 0.445 e. The summed E-state index contributed by atoms with van der Waals surface area (Å²) in [4.78, 5) is 63.5. The topological polar surface area (TPSA) is 140 Å². The number of nitrogens with zero attached hydrogens (tertiary/aromatic N) is 1. The Hall–Kier alpha value is -3.11. The van der Waals surface area contributed by atoms with E-state index < -0.39 is 48.2 Å². The molecule has 1 atom stereocenters. The van der Waals surface area contributed by atoms with E-state index in [2.05, 4.69) is 17.2 Å². The summed E-state index contributed by atoms with van der Waals surface area (Å²) in [5.41, 5.74) is -0.838. The van der Waals surface area contributed by atoms with E-state index in [-0.39, 0.29) is 19.4 Å². The van der Waals surface area contributed by atoms with E-state index in [1.165, 1.54) is 6.08 Å². The Kier molecular flexibility index (Phi) is 7.76. The molecule has 1 fully saturated rings. The first-order valence-corrected chi connectivity index (χ1v) is 8.12. The molecule has 1 aliphatic heterocycles. The van der Waals surface area contributed by atoms with Gasteiger partial charge in [-0.05, 0) is 20.8 Å². The maximum Gasteiger partial charge on any atom is 0.408 e. The Morgan fingerprint density at radius 3 is 2.30 bits per heavy atom. The molecule has 0 radical (unpaired) electrons. The van der Waals surface area contributed by atoms with Gasteiger partial charge in [0.2, 0.25) is 0 Å². The molecule has 1 saturated heterocycles. The van der Waals surface area contributed by atoms with Gasteiger partial charge in [0.25, 0.3) is 11.8 Å². The van der Waals surface area contributed by atoms with Crippen molar-refractivity contribution in [3.63, 3.8) is 0 Å². The van der Waals surface area contributed by atoms with Gasteiger partial charge in [-0.2, -0.15) is 0 Å². The van der Waals surface area contributed by atoms with E-state index in [1.54, 1.807) is 20.8 Å². The quantitative estimate of drug-likeness (QED) is 0.474. The zero-order chi connectivity index (χ0) is 20.6. The van der Waals surface area contributed by atoms with Crippen molar-refractivity contribution in [3.05, 3.63) is 12.7 Å². The molecular weight excluding hydrogens is 362 g/mol. The molecule has 1 aliphatic rings. The molecule has 0 bridgehead atoms. The zero-order valence-corrected chi connectivity index (χ0v) is 15.4. The first-order valence-electron chi connectivity index (χ1n) is 8.12. The lowest BCUT2D eigenvalue weighted by atomic mass is 10.2. The van der Waals surface area contributed by atoms with Gasteiger partial charge in [0, 0.05) is 12.8 Å². The molecule has 1 rings (SSSR count). The van der Waals surface area contributed by atoms with Gasteiger partial charge in [-0.1, -0.05) is 12.7 Å². The van der Waals surface area contributed by atoms with Gasteiger partial charge in [0.15, 0.2) is 0 Å². The van der Waals surface area contributed by atoms with E-state index in [0.29, 0.717) is 5.06 Å². The van der Waals surface area contributed by atoms with Crippen LogP contribution in [0.5, 0.6) is 0 Å². The fourth-order valence-electron chi connectivity index (χ4n) is 1.83. The Bertz CT molecular complexity index is 610. The number of rotatable bonds is 7. The lowest BCUT2D eigenvalue weighted by Crippen LogP contribution is -2.52. The second-order valence-electron chi connectivity index (χ2n) is 6.46. The summed E-state index contributed by atoms with van der Waals surface area (Å²) in [7, 11) is 0. The van der Waals surface area contributed by atoms with Gasteiger partial charge in [-0.25, -0.2) is 14.4 Å². The highest BCUT2D eigenvalue weighted by Gasteiger charge is 2.36. The Balaban J connectivity index is 2.75. The van der Waals surface area contributed by atoms with Crippen molar-refractivity contribution in [1.82, 2.24) is 15.7 Å². The number of hydrogen-bond acceptors (Lipinski definition) is 8. The second-order valence-corrected chi connectivity index (χ2v) is 6.46. The number of carbonyl (C=O) groups is 5. The van der Waals surface area contributed by atoms with Crippen LogP contribution in [-0.2, 0) is 28.7 Å². The van der Waals surface area contributed by atoms with E-state index in [4.69, 9.17) is 14.3 Å². The smallest absolute Gasteiger partial charge is 0.408 e. The van der Waals surface area contributed by atoms with E-state index in [9.17, 15) is 24.0 Å². The molecular formula is C16H23N3O8. The van der Waals surface area contributed by atoms with E-state index in [0.717, 1.165) is 0 Å². The van der Waals surface area contributed by atoms with Crippen LogP contribution in [-0.4, -0.2) is 59.8 Å². The predicted octanol–water partition coefficient (Wildman–Crippen LogP) is 0.399. The minimum atomic E-state index is -1.43. The van der Waals surface area contributed by atoms with Crippen LogP contribution >= 0.6 is 0 Å². The van der Waals surface area contributed by atoms with Crippen LogP contribution in [0.3, 0.4) is 0 Å². The van der Waals surface area contributed by atoms with Crippen LogP contribution in [0.1, 0.15) is 33.6 Å². The summed E-state index contributed by atoms with van der Waals surface area (Å²) in [6.07, 6.45) is -0.642. The molecule has 2 N–H and O–H groups in total. The van der Waals surface area contributed by atoms with Crippen molar-refractivity contribution in [2.75, 3.05) is 13.2 Å². The SMILES string of the molecule is C=CCOC(=O)NC[C@H](NC(=O)OC(C)(C)C)C(=O)ON1C(=O)CCC1=O. The molecule has 1 heterocycles. The normalized spacial score (nSPS) is 15.0. The Labute approximate surface area is 155 Å². The molecule has 0 aromatic heterocycles. The highest BCUT2D eigenvalue weighted by atomic mass is 16.7. The van der Waals surface area contributed by atoms with Crippen LogP contribution in [0.4, 0.5) is 9.59 Å². The average molecular weight is 385 g/mol. The molecule has 0 aromatic carbocycles. The van der Waals surface area contributed by atoms with Gasteiger partial charge in [-0.3, -0.25) is 9.59 Å². The number of nitrogens with one attached hydrogen (secondary N) is 2. The molecule has 4 amide bonds. The maximum absolute atomic E-state index is 12.3. The standard InChI is InChI=1S/C16H23N3O8/c1-5-8-25-14(23)17-9-10(18-15(24)26-16(2,3)4)13(22)27-19-11(20)6-7-12(19)21/h5,10H,1,6-9H2,2-4H3,(H,17,23)(H,18,24)/t10-/m0/s1. The number of imide groups is 1. The molecule has 0 aliphatic carbocycles. The van der Waals surface area contributed by atoms with Crippen molar-refractivity contribution in [1.29, 1.82) is 0 Å². The molecule has 0 spiro atoms. The highest BCUT2D eigenvalue weighted by Crippen LogP contribution is 2.13. The molecule has 27 heavy (non-hydrogen) atoms. The molecule has 0 unspecified atom stereocenters. The zero-order valence-electron chi connectivity index (χ0n) is 15.4. The molecule has 11 heteroatoms. The minimum Gasteiger partial charge on any atom is -0.445 e. The van der Waals surface area contributed by atoms with E-state index >= 15 is 0 Å². The van der Waals surface area contributed by atoms with Crippen molar-refractivity contribution < 1.29 is 38.3 Å². The third-order valence-electron chi connectivity index (χ3n) is 2.95. The summed E-state index contributed by atoms with van der Waals surface area (Å²) >= 11 is 0. The third kappa shape index (κ3) is 7.75. The van der Waals surface area contributed by atoms with Crippen molar-refractivity contribution in [2.24, 2.45) is 0 Å². The maximum atomic E-state index is 12.3. The lowest BCUT2D eigenvalue weighted by Gasteiger charge is -2.23. The fraction of sp³-hybridized carbons (Fsp3) is 0.562. The van der Waals surface area contributed by atoms with Gasteiger partial charge in [-0.15, -0.1) is 5.06 Å². The van der Waals surface area contributed by atoms with Crippen molar-refractivity contribution in [2.45, 2.75) is 45.3 Å². The number of ether oxygens (including phenoxy) is 2. The highest BCUT2D eigenvalue weighted by molar-refractivity contribution is 6.01. The van der Waals surface area contributed by atoms with Gasteiger partial charge < -0.3 is 24.9 Å². The predicted molar refractivity (Wildman–Crippen MR) is 89.9 cm³/mol. The Morgan fingerprint density at radius 2 is 1.78 bits per heavy atom. The molecule has 0 aromatic rings. The molecule has 11 nitrogen and oxygen atoms in total. The summed E-state index contributed by atoms with van der Waals surface area (Å²) in [5.74, 6) is -2.49. The van der Waals surface area contributed by atoms with Crippen LogP contribution in [0.15, 0.2) is 12.7 Å². The fourth-order valence-corrected chi connectivity index (χ4v) is 1.83. The lowest BCUT2D eigenvalue weighted by molar-refractivity contribution is -0.198. The first-order chi connectivity index (χ1) is 12.5. The number of carbonyl (C=O) groups excluding carboxylic acids is 5. The first kappa shape index (κ1) is 21.9. The van der Waals surface area contributed by atoms with Crippen molar-refractivity contribution in [3.8, 4) is 0 Å². The van der Waals surface area contributed by atoms with Gasteiger partial charge >= 0.3 is 18.2 Å². The Morgan fingerprint density at radius 1 is 1.19 bits per heavy atom. The van der Waals surface area contributed by atoms with Crippen LogP contribution in [0.2, 0.25) is 0 Å². The summed E-state index contributed by atoms with van der Waals surface area (Å²) in [6.45, 7) is 7.75. The van der Waals surface area contributed by atoms with Crippen LogP contribution < -0.4 is 10.6 Å². The summed E-state index contributed by atoms with van der Waals surface area (Å²) in [5, 5.41) is 4.79. The third-order valence-corrected chi connectivity index (χ3v) is 2.95. The van der Waals surface area contributed by atoms with Gasteiger partial charge in [0.05, 0.1) is 6.54 Å². The molecule has 150 valence electrons. The minimum absolute atomic E-state index is 0.0583.